The van der Waals surface area contributed by atoms with Crippen LogP contribution in [0.3, 0.4) is 0 Å². The average molecular weight is 283 g/mol. The number of hydrogen-bond acceptors (Lipinski definition) is 5. The number of rotatable bonds is 10. The second-order valence-electron chi connectivity index (χ2n) is 4.59. The highest BCUT2D eigenvalue weighted by Crippen LogP contribution is 2.24. The molecule has 0 radical (unpaired) electrons. The molecule has 0 aliphatic rings. The quantitative estimate of drug-likeness (QED) is 0.635. The van der Waals surface area contributed by atoms with Crippen LogP contribution in [-0.2, 0) is 9.47 Å². The third-order valence-electron chi connectivity index (χ3n) is 3.01. The summed E-state index contributed by atoms with van der Waals surface area (Å²) in [6.45, 7) is 3.84. The van der Waals surface area contributed by atoms with Crippen LogP contribution in [0.1, 0.15) is 18.5 Å². The highest BCUT2D eigenvalue weighted by Gasteiger charge is 2.12. The SMILES string of the molecule is COCCOCC(O)CN[C@@H](C)c1ccccc1OC. The number of para-hydroxylation sites is 1. The van der Waals surface area contributed by atoms with Crippen molar-refractivity contribution < 1.29 is 19.3 Å². The van der Waals surface area contributed by atoms with Gasteiger partial charge >= 0.3 is 0 Å². The molecule has 1 aromatic rings. The van der Waals surface area contributed by atoms with Crippen LogP contribution in [0.4, 0.5) is 0 Å². The van der Waals surface area contributed by atoms with Gasteiger partial charge in [0.05, 0.1) is 33.0 Å². The zero-order valence-corrected chi connectivity index (χ0v) is 12.5. The molecule has 20 heavy (non-hydrogen) atoms. The fraction of sp³-hybridized carbons (Fsp3) is 0.600. The summed E-state index contributed by atoms with van der Waals surface area (Å²) < 4.78 is 15.5. The summed E-state index contributed by atoms with van der Waals surface area (Å²) in [5.41, 5.74) is 1.07. The normalized spacial score (nSPS) is 14.0. The number of aliphatic hydroxyl groups is 1. The number of ether oxygens (including phenoxy) is 3. The van der Waals surface area contributed by atoms with Crippen molar-refractivity contribution >= 4 is 0 Å². The van der Waals surface area contributed by atoms with E-state index >= 15 is 0 Å². The molecule has 1 unspecified atom stereocenters. The van der Waals surface area contributed by atoms with Crippen LogP contribution in [0.2, 0.25) is 0 Å². The first-order chi connectivity index (χ1) is 9.69. The van der Waals surface area contributed by atoms with Gasteiger partial charge in [0.15, 0.2) is 0 Å². The molecule has 0 aliphatic carbocycles. The molecule has 114 valence electrons. The van der Waals surface area contributed by atoms with Gasteiger partial charge in [-0.2, -0.15) is 0 Å². The minimum absolute atomic E-state index is 0.0970. The monoisotopic (exact) mass is 283 g/mol. The van der Waals surface area contributed by atoms with Crippen LogP contribution in [0.15, 0.2) is 24.3 Å². The standard InChI is InChI=1S/C15H25NO4/c1-12(14-6-4-5-7-15(14)19-3)16-10-13(17)11-20-9-8-18-2/h4-7,12-13,16-17H,8-11H2,1-3H3/t12-,13?/m0/s1. The number of methoxy groups -OCH3 is 2. The molecule has 0 bridgehead atoms. The zero-order chi connectivity index (χ0) is 14.8. The third-order valence-corrected chi connectivity index (χ3v) is 3.01. The Morgan fingerprint density at radius 3 is 2.65 bits per heavy atom. The van der Waals surface area contributed by atoms with Gasteiger partial charge in [-0.05, 0) is 13.0 Å². The summed E-state index contributed by atoms with van der Waals surface area (Å²) in [6, 6.07) is 7.95. The molecule has 0 amide bonds. The van der Waals surface area contributed by atoms with E-state index in [1.807, 2.05) is 31.2 Å². The van der Waals surface area contributed by atoms with Crippen molar-refractivity contribution in [2.24, 2.45) is 0 Å². The van der Waals surface area contributed by atoms with E-state index in [-0.39, 0.29) is 6.04 Å². The van der Waals surface area contributed by atoms with Crippen molar-refractivity contribution in [3.63, 3.8) is 0 Å². The van der Waals surface area contributed by atoms with E-state index in [2.05, 4.69) is 5.32 Å². The molecule has 0 heterocycles. The van der Waals surface area contributed by atoms with Crippen molar-refractivity contribution in [3.8, 4) is 5.75 Å². The minimum atomic E-state index is -0.538. The molecule has 0 aromatic heterocycles. The predicted octanol–water partition coefficient (Wildman–Crippen LogP) is 1.37. The topological polar surface area (TPSA) is 60.0 Å². The predicted molar refractivity (Wildman–Crippen MR) is 78.1 cm³/mol. The lowest BCUT2D eigenvalue weighted by Gasteiger charge is -2.19. The molecule has 0 saturated heterocycles. The van der Waals surface area contributed by atoms with Crippen molar-refractivity contribution in [2.45, 2.75) is 19.1 Å². The van der Waals surface area contributed by atoms with Gasteiger partial charge in [0, 0.05) is 25.3 Å². The fourth-order valence-corrected chi connectivity index (χ4v) is 1.87. The largest absolute Gasteiger partial charge is 0.496 e. The van der Waals surface area contributed by atoms with Crippen LogP contribution >= 0.6 is 0 Å². The number of benzene rings is 1. The summed E-state index contributed by atoms with van der Waals surface area (Å²) in [5.74, 6) is 0.846. The Kier molecular flexibility index (Phi) is 8.22. The summed E-state index contributed by atoms with van der Waals surface area (Å²) in [7, 11) is 3.28. The van der Waals surface area contributed by atoms with E-state index in [1.54, 1.807) is 14.2 Å². The summed E-state index contributed by atoms with van der Waals surface area (Å²) in [5, 5.41) is 13.1. The lowest BCUT2D eigenvalue weighted by molar-refractivity contribution is 0.0130. The van der Waals surface area contributed by atoms with E-state index in [0.29, 0.717) is 26.4 Å². The highest BCUT2D eigenvalue weighted by atomic mass is 16.5. The second kappa shape index (κ2) is 9.72. The van der Waals surface area contributed by atoms with Gasteiger partial charge in [-0.25, -0.2) is 0 Å². The first-order valence-electron chi connectivity index (χ1n) is 6.80. The van der Waals surface area contributed by atoms with Gasteiger partial charge < -0.3 is 24.6 Å². The molecular formula is C15H25NO4. The fourth-order valence-electron chi connectivity index (χ4n) is 1.87. The van der Waals surface area contributed by atoms with E-state index in [9.17, 15) is 5.11 Å². The zero-order valence-electron chi connectivity index (χ0n) is 12.5. The number of aliphatic hydroxyl groups excluding tert-OH is 1. The van der Waals surface area contributed by atoms with Crippen molar-refractivity contribution in [1.29, 1.82) is 0 Å². The van der Waals surface area contributed by atoms with Crippen molar-refractivity contribution in [3.05, 3.63) is 29.8 Å². The van der Waals surface area contributed by atoms with Crippen molar-refractivity contribution in [2.75, 3.05) is 40.6 Å². The van der Waals surface area contributed by atoms with Crippen molar-refractivity contribution in [1.82, 2.24) is 5.32 Å². The molecule has 5 heteroatoms. The lowest BCUT2D eigenvalue weighted by atomic mass is 10.1. The molecule has 5 nitrogen and oxygen atoms in total. The average Bonchev–Trinajstić information content (AvgIpc) is 2.49. The maximum Gasteiger partial charge on any atom is 0.123 e. The Balaban J connectivity index is 2.33. The van der Waals surface area contributed by atoms with Crippen LogP contribution < -0.4 is 10.1 Å². The van der Waals surface area contributed by atoms with Gasteiger partial charge in [0.2, 0.25) is 0 Å². The van der Waals surface area contributed by atoms with E-state index < -0.39 is 6.10 Å². The third kappa shape index (κ3) is 5.88. The molecule has 1 rings (SSSR count). The maximum atomic E-state index is 9.81. The van der Waals surface area contributed by atoms with Crippen LogP contribution in [0.25, 0.3) is 0 Å². The Bertz CT molecular complexity index is 373. The van der Waals surface area contributed by atoms with E-state index in [0.717, 1.165) is 11.3 Å². The number of hydrogen-bond donors (Lipinski definition) is 2. The Morgan fingerprint density at radius 1 is 1.20 bits per heavy atom. The molecule has 2 atom stereocenters. The lowest BCUT2D eigenvalue weighted by Crippen LogP contribution is -2.32. The van der Waals surface area contributed by atoms with E-state index in [4.69, 9.17) is 14.2 Å². The smallest absolute Gasteiger partial charge is 0.123 e. The molecular weight excluding hydrogens is 258 g/mol. The number of nitrogens with one attached hydrogen (secondary N) is 1. The van der Waals surface area contributed by atoms with Crippen LogP contribution in [0.5, 0.6) is 5.75 Å². The van der Waals surface area contributed by atoms with Crippen LogP contribution in [-0.4, -0.2) is 51.8 Å². The molecule has 0 fully saturated rings. The first kappa shape index (κ1) is 16.9. The Hall–Kier alpha value is -1.14. The second-order valence-corrected chi connectivity index (χ2v) is 4.59. The summed E-state index contributed by atoms with van der Waals surface area (Å²) in [4.78, 5) is 0. The first-order valence-corrected chi connectivity index (χ1v) is 6.80. The minimum Gasteiger partial charge on any atom is -0.496 e. The molecule has 1 aromatic carbocycles. The van der Waals surface area contributed by atoms with E-state index in [1.165, 1.54) is 0 Å². The molecule has 2 N–H and O–H groups in total. The molecule has 0 aliphatic heterocycles. The summed E-state index contributed by atoms with van der Waals surface area (Å²) in [6.07, 6.45) is -0.538. The van der Waals surface area contributed by atoms with Gasteiger partial charge in [0.25, 0.3) is 0 Å². The molecule has 0 spiro atoms. The maximum absolute atomic E-state index is 9.81. The summed E-state index contributed by atoms with van der Waals surface area (Å²) >= 11 is 0. The Labute approximate surface area is 120 Å². The highest BCUT2D eigenvalue weighted by molar-refractivity contribution is 5.35. The Morgan fingerprint density at radius 2 is 1.95 bits per heavy atom. The van der Waals surface area contributed by atoms with Gasteiger partial charge in [0.1, 0.15) is 5.75 Å². The van der Waals surface area contributed by atoms with Gasteiger partial charge in [-0.15, -0.1) is 0 Å². The van der Waals surface area contributed by atoms with Gasteiger partial charge in [-0.3, -0.25) is 0 Å². The van der Waals surface area contributed by atoms with Crippen LogP contribution in [0, 0.1) is 0 Å². The molecule has 0 saturated carbocycles. The van der Waals surface area contributed by atoms with Gasteiger partial charge in [-0.1, -0.05) is 18.2 Å².